The van der Waals surface area contributed by atoms with Crippen LogP contribution in [0.3, 0.4) is 0 Å². The van der Waals surface area contributed by atoms with Gasteiger partial charge in [-0.15, -0.1) is 0 Å². The summed E-state index contributed by atoms with van der Waals surface area (Å²) in [6, 6.07) is 11.6. The molecule has 1 aliphatic heterocycles. The standard InChI is InChI=1S/C19H16N2O6/c1-26-13-9-7-12(8-10-13)21-18(24)17(23)20(19(21)25)11-15(22)14-5-3-4-6-16(14)27-2/h3-10H,11H2,1-2H3. The number of benzene rings is 2. The second-order valence-electron chi connectivity index (χ2n) is 5.64. The van der Waals surface area contributed by atoms with Crippen LogP contribution in [0.5, 0.6) is 11.5 Å². The third kappa shape index (κ3) is 3.24. The van der Waals surface area contributed by atoms with Gasteiger partial charge in [0.2, 0.25) is 0 Å². The van der Waals surface area contributed by atoms with Crippen molar-refractivity contribution in [3.8, 4) is 11.5 Å². The lowest BCUT2D eigenvalue weighted by atomic mass is 10.1. The van der Waals surface area contributed by atoms with Crippen LogP contribution in [-0.4, -0.2) is 49.3 Å². The number of hydrogen-bond donors (Lipinski definition) is 0. The lowest BCUT2D eigenvalue weighted by molar-refractivity contribution is -0.139. The van der Waals surface area contributed by atoms with E-state index in [1.54, 1.807) is 30.3 Å². The summed E-state index contributed by atoms with van der Waals surface area (Å²) in [5.41, 5.74) is 0.433. The summed E-state index contributed by atoms with van der Waals surface area (Å²) in [5.74, 6) is -1.73. The maximum Gasteiger partial charge on any atom is 0.339 e. The minimum absolute atomic E-state index is 0.214. The van der Waals surface area contributed by atoms with Gasteiger partial charge in [0, 0.05) is 0 Å². The fourth-order valence-corrected chi connectivity index (χ4v) is 2.71. The normalized spacial score (nSPS) is 13.9. The molecular formula is C19H16N2O6. The molecule has 3 rings (SSSR count). The van der Waals surface area contributed by atoms with E-state index in [0.29, 0.717) is 16.4 Å². The summed E-state index contributed by atoms with van der Waals surface area (Å²) in [6.07, 6.45) is 0. The van der Waals surface area contributed by atoms with Crippen molar-refractivity contribution in [2.24, 2.45) is 0 Å². The SMILES string of the molecule is COc1ccc(N2C(=O)C(=O)N(CC(=O)c3ccccc3OC)C2=O)cc1. The van der Waals surface area contributed by atoms with Crippen molar-refractivity contribution in [1.82, 2.24) is 4.90 Å². The van der Waals surface area contributed by atoms with Crippen LogP contribution in [0.1, 0.15) is 10.4 Å². The van der Waals surface area contributed by atoms with Gasteiger partial charge in [0.15, 0.2) is 5.78 Å². The largest absolute Gasteiger partial charge is 0.497 e. The molecule has 0 bridgehead atoms. The summed E-state index contributed by atoms with van der Waals surface area (Å²) in [5, 5.41) is 0. The minimum Gasteiger partial charge on any atom is -0.497 e. The molecule has 8 nitrogen and oxygen atoms in total. The van der Waals surface area contributed by atoms with Crippen LogP contribution >= 0.6 is 0 Å². The first kappa shape index (κ1) is 18.1. The van der Waals surface area contributed by atoms with Gasteiger partial charge in [0.05, 0.1) is 32.0 Å². The molecule has 0 saturated carbocycles. The molecule has 2 aromatic carbocycles. The highest BCUT2D eigenvalue weighted by Gasteiger charge is 2.46. The predicted octanol–water partition coefficient (Wildman–Crippen LogP) is 1.88. The molecule has 8 heteroatoms. The van der Waals surface area contributed by atoms with Crippen LogP contribution in [0.4, 0.5) is 10.5 Å². The number of nitrogens with zero attached hydrogens (tertiary/aromatic N) is 2. The van der Waals surface area contributed by atoms with E-state index in [2.05, 4.69) is 0 Å². The molecule has 1 heterocycles. The third-order valence-corrected chi connectivity index (χ3v) is 4.09. The van der Waals surface area contributed by atoms with Gasteiger partial charge in [0.1, 0.15) is 11.5 Å². The first-order valence-corrected chi connectivity index (χ1v) is 7.98. The number of carbonyl (C=O) groups is 4. The zero-order chi connectivity index (χ0) is 19.6. The van der Waals surface area contributed by atoms with Crippen molar-refractivity contribution < 1.29 is 28.7 Å². The van der Waals surface area contributed by atoms with Crippen LogP contribution in [0.2, 0.25) is 0 Å². The lowest BCUT2D eigenvalue weighted by Crippen LogP contribution is -2.37. The van der Waals surface area contributed by atoms with Crippen LogP contribution in [0, 0.1) is 0 Å². The van der Waals surface area contributed by atoms with Crippen LogP contribution in [-0.2, 0) is 9.59 Å². The Hall–Kier alpha value is -3.68. The summed E-state index contributed by atoms with van der Waals surface area (Å²) in [4.78, 5) is 51.0. The number of hydrogen-bond acceptors (Lipinski definition) is 6. The average molecular weight is 368 g/mol. The molecule has 4 amide bonds. The summed E-state index contributed by atoms with van der Waals surface area (Å²) in [6.45, 7) is -0.559. The Labute approximate surface area is 154 Å². The maximum absolute atomic E-state index is 12.6. The molecule has 0 aromatic heterocycles. The number of ether oxygens (including phenoxy) is 2. The Morgan fingerprint density at radius 1 is 0.889 bits per heavy atom. The van der Waals surface area contributed by atoms with Crippen LogP contribution in [0.25, 0.3) is 0 Å². The third-order valence-electron chi connectivity index (χ3n) is 4.09. The quantitative estimate of drug-likeness (QED) is 0.439. The van der Waals surface area contributed by atoms with Gasteiger partial charge in [-0.05, 0) is 36.4 Å². The number of anilines is 1. The maximum atomic E-state index is 12.6. The molecule has 1 aliphatic rings. The van der Waals surface area contributed by atoms with Gasteiger partial charge >= 0.3 is 17.8 Å². The number of amides is 4. The number of methoxy groups -OCH3 is 2. The fraction of sp³-hybridized carbons (Fsp3) is 0.158. The molecular weight excluding hydrogens is 352 g/mol. The molecule has 0 unspecified atom stereocenters. The van der Waals surface area contributed by atoms with Gasteiger partial charge in [-0.3, -0.25) is 14.4 Å². The monoisotopic (exact) mass is 368 g/mol. The molecule has 138 valence electrons. The zero-order valence-electron chi connectivity index (χ0n) is 14.7. The van der Waals surface area contributed by atoms with Crippen molar-refractivity contribution in [3.05, 3.63) is 54.1 Å². The van der Waals surface area contributed by atoms with E-state index in [9.17, 15) is 19.2 Å². The number of carbonyl (C=O) groups excluding carboxylic acids is 4. The molecule has 1 saturated heterocycles. The topological polar surface area (TPSA) is 93.2 Å². The second kappa shape index (κ2) is 7.28. The van der Waals surface area contributed by atoms with Gasteiger partial charge in [-0.2, -0.15) is 0 Å². The van der Waals surface area contributed by atoms with Crippen molar-refractivity contribution in [1.29, 1.82) is 0 Å². The Balaban J connectivity index is 1.84. The number of Topliss-reactive ketones (excluding diaryl/α,β-unsaturated/α-hetero) is 1. The predicted molar refractivity (Wildman–Crippen MR) is 94.9 cm³/mol. The Bertz CT molecular complexity index is 922. The highest BCUT2D eigenvalue weighted by molar-refractivity contribution is 6.53. The minimum atomic E-state index is -1.06. The molecule has 0 spiro atoms. The highest BCUT2D eigenvalue weighted by atomic mass is 16.5. The number of rotatable bonds is 6. The second-order valence-corrected chi connectivity index (χ2v) is 5.64. The van der Waals surface area contributed by atoms with Crippen LogP contribution < -0.4 is 14.4 Å². The first-order chi connectivity index (χ1) is 13.0. The zero-order valence-corrected chi connectivity index (χ0v) is 14.7. The number of imide groups is 2. The molecule has 2 aromatic rings. The summed E-state index contributed by atoms with van der Waals surface area (Å²) in [7, 11) is 2.89. The van der Waals surface area contributed by atoms with E-state index in [-0.39, 0.29) is 11.3 Å². The van der Waals surface area contributed by atoms with Crippen molar-refractivity contribution in [2.75, 3.05) is 25.7 Å². The smallest absolute Gasteiger partial charge is 0.339 e. The first-order valence-electron chi connectivity index (χ1n) is 7.98. The van der Waals surface area contributed by atoms with Crippen molar-refractivity contribution >= 4 is 29.3 Å². The average Bonchev–Trinajstić information content (AvgIpc) is 2.91. The molecule has 0 atom stereocenters. The molecule has 27 heavy (non-hydrogen) atoms. The number of urea groups is 1. The van der Waals surface area contributed by atoms with Gasteiger partial charge in [-0.1, -0.05) is 12.1 Å². The van der Waals surface area contributed by atoms with Crippen LogP contribution in [0.15, 0.2) is 48.5 Å². The van der Waals surface area contributed by atoms with Crippen molar-refractivity contribution in [2.45, 2.75) is 0 Å². The molecule has 0 radical (unpaired) electrons. The van der Waals surface area contributed by atoms with E-state index >= 15 is 0 Å². The van der Waals surface area contributed by atoms with Gasteiger partial charge < -0.3 is 9.47 Å². The number of ketones is 1. The highest BCUT2D eigenvalue weighted by Crippen LogP contribution is 2.25. The van der Waals surface area contributed by atoms with E-state index in [0.717, 1.165) is 4.90 Å². The molecule has 1 fully saturated rings. The number of para-hydroxylation sites is 1. The van der Waals surface area contributed by atoms with E-state index < -0.39 is 30.2 Å². The molecule has 0 N–H and O–H groups in total. The summed E-state index contributed by atoms with van der Waals surface area (Å²) >= 11 is 0. The Morgan fingerprint density at radius 2 is 1.56 bits per heavy atom. The Morgan fingerprint density at radius 3 is 2.19 bits per heavy atom. The summed E-state index contributed by atoms with van der Waals surface area (Å²) < 4.78 is 10.1. The molecule has 0 aliphatic carbocycles. The van der Waals surface area contributed by atoms with Gasteiger partial charge in [-0.25, -0.2) is 14.6 Å². The lowest BCUT2D eigenvalue weighted by Gasteiger charge is -2.16. The van der Waals surface area contributed by atoms with E-state index in [1.165, 1.54) is 32.4 Å². The fourth-order valence-electron chi connectivity index (χ4n) is 2.71. The van der Waals surface area contributed by atoms with E-state index in [1.807, 2.05) is 0 Å². The van der Waals surface area contributed by atoms with Crippen molar-refractivity contribution in [3.63, 3.8) is 0 Å². The Kier molecular flexibility index (Phi) is 4.89. The van der Waals surface area contributed by atoms with E-state index in [4.69, 9.17) is 9.47 Å². The van der Waals surface area contributed by atoms with Gasteiger partial charge in [0.25, 0.3) is 0 Å².